The molecule has 32 heavy (non-hydrogen) atoms. The topological polar surface area (TPSA) is 43.2 Å². The Morgan fingerprint density at radius 3 is 2.84 bits per heavy atom. The van der Waals surface area contributed by atoms with Gasteiger partial charge in [-0.3, -0.25) is 9.55 Å². The average Bonchev–Trinajstić information content (AvgIpc) is 3.32. The van der Waals surface area contributed by atoms with E-state index in [9.17, 15) is 0 Å². The Morgan fingerprint density at radius 1 is 1.06 bits per heavy atom. The third-order valence-electron chi connectivity index (χ3n) is 6.98. The van der Waals surface area contributed by atoms with E-state index in [-0.39, 0.29) is 0 Å². The number of aryl methyl sites for hydroxylation is 1. The minimum atomic E-state index is 0.537. The summed E-state index contributed by atoms with van der Waals surface area (Å²) in [5.74, 6) is 1.61. The summed E-state index contributed by atoms with van der Waals surface area (Å²) in [6, 6.07) is 17.4. The van der Waals surface area contributed by atoms with Crippen molar-refractivity contribution in [3.8, 4) is 11.4 Å². The van der Waals surface area contributed by atoms with Crippen LogP contribution in [0.5, 0.6) is 5.75 Å². The van der Waals surface area contributed by atoms with Gasteiger partial charge >= 0.3 is 0 Å². The summed E-state index contributed by atoms with van der Waals surface area (Å²) in [6.45, 7) is 5.93. The van der Waals surface area contributed by atoms with Gasteiger partial charge in [0.15, 0.2) is 0 Å². The number of likely N-dealkylation sites (tertiary alicyclic amines) is 1. The maximum Gasteiger partial charge on any atom is 0.147 e. The summed E-state index contributed by atoms with van der Waals surface area (Å²) in [6.07, 6.45) is 8.23. The van der Waals surface area contributed by atoms with Crippen molar-refractivity contribution in [2.75, 3.05) is 19.6 Å². The molecule has 0 N–H and O–H groups in total. The van der Waals surface area contributed by atoms with Gasteiger partial charge in [-0.25, -0.2) is 4.98 Å². The van der Waals surface area contributed by atoms with E-state index in [2.05, 4.69) is 76.1 Å². The van der Waals surface area contributed by atoms with Crippen molar-refractivity contribution in [2.24, 2.45) is 0 Å². The van der Waals surface area contributed by atoms with Crippen LogP contribution in [-0.2, 0) is 13.0 Å². The van der Waals surface area contributed by atoms with E-state index in [0.717, 1.165) is 54.4 Å². The predicted molar refractivity (Wildman–Crippen MR) is 125 cm³/mol. The van der Waals surface area contributed by atoms with Crippen LogP contribution >= 0.6 is 0 Å². The first kappa shape index (κ1) is 19.5. The number of hydrogen-bond acceptors (Lipinski definition) is 4. The van der Waals surface area contributed by atoms with Gasteiger partial charge in [0.25, 0.3) is 0 Å². The number of nitrogens with zero attached hydrogens (tertiary/aromatic N) is 4. The Kier molecular flexibility index (Phi) is 4.91. The van der Waals surface area contributed by atoms with Crippen molar-refractivity contribution in [1.82, 2.24) is 19.4 Å². The number of imidazole rings is 1. The number of rotatable bonds is 4. The Labute approximate surface area is 188 Å². The monoisotopic (exact) mass is 423 g/mol. The minimum Gasteiger partial charge on any atom is -0.485 e. The summed E-state index contributed by atoms with van der Waals surface area (Å²) in [4.78, 5) is 11.5. The van der Waals surface area contributed by atoms with Gasteiger partial charge in [-0.2, -0.15) is 0 Å². The second-order valence-electron chi connectivity index (χ2n) is 8.96. The van der Waals surface area contributed by atoms with E-state index in [1.165, 1.54) is 29.4 Å². The second-order valence-corrected chi connectivity index (χ2v) is 8.96. The highest BCUT2D eigenvalue weighted by molar-refractivity contribution is 5.83. The molecule has 4 heterocycles. The largest absolute Gasteiger partial charge is 0.485 e. The van der Waals surface area contributed by atoms with Gasteiger partial charge in [0.2, 0.25) is 0 Å². The zero-order chi connectivity index (χ0) is 21.5. The Morgan fingerprint density at radius 2 is 1.94 bits per heavy atom. The molecule has 1 saturated heterocycles. The maximum absolute atomic E-state index is 6.09. The smallest absolute Gasteiger partial charge is 0.147 e. The molecule has 161 valence electrons. The molecular formula is C27H27N4O. The summed E-state index contributed by atoms with van der Waals surface area (Å²) >= 11 is 0. The molecule has 0 unspecified atom stereocenters. The van der Waals surface area contributed by atoms with Crippen LogP contribution in [0.3, 0.4) is 0 Å². The third-order valence-corrected chi connectivity index (χ3v) is 6.98. The summed E-state index contributed by atoms with van der Waals surface area (Å²) in [5.41, 5.74) is 7.01. The molecule has 5 heteroatoms. The molecule has 2 aromatic carbocycles. The fraction of sp³-hybridized carbons (Fsp3) is 0.333. The lowest BCUT2D eigenvalue weighted by Gasteiger charge is -2.33. The molecule has 0 bridgehead atoms. The number of piperidine rings is 1. The van der Waals surface area contributed by atoms with Gasteiger partial charge in [0, 0.05) is 17.6 Å². The Balaban J connectivity index is 1.13. The first-order chi connectivity index (χ1) is 15.8. The highest BCUT2D eigenvalue weighted by Crippen LogP contribution is 2.35. The molecule has 4 aromatic rings. The molecule has 0 saturated carbocycles. The van der Waals surface area contributed by atoms with E-state index in [0.29, 0.717) is 12.5 Å². The maximum atomic E-state index is 6.09. The number of pyridine rings is 1. The first-order valence-electron chi connectivity index (χ1n) is 11.5. The fourth-order valence-corrected chi connectivity index (χ4v) is 5.24. The molecule has 0 atom stereocenters. The van der Waals surface area contributed by atoms with Crippen molar-refractivity contribution in [3.63, 3.8) is 0 Å². The van der Waals surface area contributed by atoms with Crippen molar-refractivity contribution < 1.29 is 4.74 Å². The van der Waals surface area contributed by atoms with Crippen molar-refractivity contribution >= 4 is 10.9 Å². The molecule has 1 radical (unpaired) electrons. The number of para-hydroxylation sites is 1. The number of fused-ring (bicyclic) bond motifs is 4. The standard InChI is InChI=1S/C27H27N4O/c1-19-8-9-24-23(5-3-6-25(24)29-19)20-10-13-30(14-11-20)15-12-21-4-2-7-26-27(21)32-17-22-16-28-18-31(22)26/h2-9,18,20H,10-15,17H2,1H3. The van der Waals surface area contributed by atoms with Crippen molar-refractivity contribution in [2.45, 2.75) is 38.7 Å². The summed E-state index contributed by atoms with van der Waals surface area (Å²) in [7, 11) is 0. The lowest BCUT2D eigenvalue weighted by atomic mass is 9.87. The average molecular weight is 424 g/mol. The predicted octanol–water partition coefficient (Wildman–Crippen LogP) is 4.84. The van der Waals surface area contributed by atoms with E-state index >= 15 is 0 Å². The highest BCUT2D eigenvalue weighted by Gasteiger charge is 2.24. The zero-order valence-electron chi connectivity index (χ0n) is 18.4. The van der Waals surface area contributed by atoms with Crippen LogP contribution in [0.1, 0.15) is 41.3 Å². The zero-order valence-corrected chi connectivity index (χ0v) is 18.4. The quantitative estimate of drug-likeness (QED) is 0.471. The van der Waals surface area contributed by atoms with Crippen LogP contribution in [0.4, 0.5) is 0 Å². The summed E-state index contributed by atoms with van der Waals surface area (Å²) in [5, 5.41) is 1.32. The van der Waals surface area contributed by atoms with Gasteiger partial charge in [0.05, 0.1) is 16.9 Å². The molecule has 0 amide bonds. The molecule has 1 fully saturated rings. The van der Waals surface area contributed by atoms with Gasteiger partial charge < -0.3 is 9.64 Å². The molecule has 2 aromatic heterocycles. The summed E-state index contributed by atoms with van der Waals surface area (Å²) < 4.78 is 8.18. The molecule has 0 aliphatic carbocycles. The number of aromatic nitrogens is 3. The number of hydrogen-bond donors (Lipinski definition) is 0. The van der Waals surface area contributed by atoms with Crippen molar-refractivity contribution in [3.05, 3.63) is 83.6 Å². The van der Waals surface area contributed by atoms with Gasteiger partial charge in [0.1, 0.15) is 24.9 Å². The SMILES string of the molecule is Cc1ccc2c(C3CCN(CCc4cccc5c4OCc4[c]ncn4-5)CC3)cccc2n1. The van der Waals surface area contributed by atoms with Gasteiger partial charge in [-0.05, 0) is 74.5 Å². The lowest BCUT2D eigenvalue weighted by Crippen LogP contribution is -2.34. The molecule has 0 spiro atoms. The van der Waals surface area contributed by atoms with Crippen LogP contribution in [0, 0.1) is 13.1 Å². The van der Waals surface area contributed by atoms with Crippen LogP contribution < -0.4 is 4.74 Å². The van der Waals surface area contributed by atoms with Gasteiger partial charge in [-0.15, -0.1) is 0 Å². The molecule has 2 aliphatic heterocycles. The highest BCUT2D eigenvalue weighted by atomic mass is 16.5. The molecule has 6 rings (SSSR count). The molecular weight excluding hydrogens is 396 g/mol. The Bertz CT molecular complexity index is 1270. The minimum absolute atomic E-state index is 0.537. The fourth-order valence-electron chi connectivity index (χ4n) is 5.24. The van der Waals surface area contributed by atoms with Crippen molar-refractivity contribution in [1.29, 1.82) is 0 Å². The van der Waals surface area contributed by atoms with E-state index in [4.69, 9.17) is 9.72 Å². The van der Waals surface area contributed by atoms with E-state index in [1.54, 1.807) is 0 Å². The lowest BCUT2D eigenvalue weighted by molar-refractivity contribution is 0.213. The number of benzene rings is 2. The number of ether oxygens (including phenoxy) is 1. The van der Waals surface area contributed by atoms with E-state index < -0.39 is 0 Å². The second kappa shape index (κ2) is 8.06. The first-order valence-corrected chi connectivity index (χ1v) is 11.5. The van der Waals surface area contributed by atoms with Crippen LogP contribution in [0.2, 0.25) is 0 Å². The molecule has 2 aliphatic rings. The van der Waals surface area contributed by atoms with Crippen LogP contribution in [0.25, 0.3) is 16.6 Å². The van der Waals surface area contributed by atoms with E-state index in [1.807, 2.05) is 6.33 Å². The third kappa shape index (κ3) is 3.47. The van der Waals surface area contributed by atoms with Crippen LogP contribution in [-0.4, -0.2) is 39.1 Å². The van der Waals surface area contributed by atoms with Crippen LogP contribution in [0.15, 0.2) is 54.9 Å². The van der Waals surface area contributed by atoms with Gasteiger partial charge in [-0.1, -0.05) is 30.3 Å². The molecule has 5 nitrogen and oxygen atoms in total. The normalized spacial score (nSPS) is 16.5. The Hall–Kier alpha value is -3.18.